The van der Waals surface area contributed by atoms with Crippen LogP contribution in [0.25, 0.3) is 0 Å². The summed E-state index contributed by atoms with van der Waals surface area (Å²) in [6.45, 7) is 2.22. The van der Waals surface area contributed by atoms with Gasteiger partial charge in [-0.3, -0.25) is 0 Å². The fraction of sp³-hybridized carbons (Fsp3) is 0.600. The molecule has 0 aromatic heterocycles. The zero-order chi connectivity index (χ0) is 12.5. The van der Waals surface area contributed by atoms with Gasteiger partial charge in [0.25, 0.3) is 0 Å². The van der Waals surface area contributed by atoms with Crippen molar-refractivity contribution in [2.45, 2.75) is 38.3 Å². The molecule has 2 nitrogen and oxygen atoms in total. The van der Waals surface area contributed by atoms with E-state index in [0.29, 0.717) is 0 Å². The van der Waals surface area contributed by atoms with E-state index in [2.05, 4.69) is 44.3 Å². The number of nitrogens with zero attached hydrogens (tertiary/aromatic N) is 1. The SMILES string of the molecule is CNCc1ccc(Br)cc1N(CC1CC1)C1CC1. The largest absolute Gasteiger partial charge is 0.368 e. The molecule has 0 unspecified atom stereocenters. The summed E-state index contributed by atoms with van der Waals surface area (Å²) in [7, 11) is 2.02. The first-order chi connectivity index (χ1) is 8.78. The molecule has 2 fully saturated rings. The van der Waals surface area contributed by atoms with Crippen LogP contribution in [0.2, 0.25) is 0 Å². The summed E-state index contributed by atoms with van der Waals surface area (Å²) < 4.78 is 1.19. The lowest BCUT2D eigenvalue weighted by Crippen LogP contribution is -2.29. The van der Waals surface area contributed by atoms with Crippen LogP contribution in [0.3, 0.4) is 0 Å². The number of nitrogens with one attached hydrogen (secondary N) is 1. The molecule has 0 aliphatic heterocycles. The minimum Gasteiger partial charge on any atom is -0.368 e. The van der Waals surface area contributed by atoms with Crippen molar-refractivity contribution in [1.29, 1.82) is 0 Å². The Morgan fingerprint density at radius 3 is 2.67 bits per heavy atom. The van der Waals surface area contributed by atoms with E-state index in [4.69, 9.17) is 0 Å². The van der Waals surface area contributed by atoms with Gasteiger partial charge in [0.2, 0.25) is 0 Å². The highest BCUT2D eigenvalue weighted by atomic mass is 79.9. The minimum absolute atomic E-state index is 0.801. The second-order valence-electron chi connectivity index (χ2n) is 5.63. The van der Waals surface area contributed by atoms with E-state index >= 15 is 0 Å². The Morgan fingerprint density at radius 1 is 1.28 bits per heavy atom. The van der Waals surface area contributed by atoms with Crippen LogP contribution in [-0.4, -0.2) is 19.6 Å². The molecule has 3 rings (SSSR count). The Hall–Kier alpha value is -0.540. The molecule has 0 saturated heterocycles. The maximum absolute atomic E-state index is 3.62. The van der Waals surface area contributed by atoms with E-state index in [1.165, 1.54) is 48.0 Å². The molecule has 98 valence electrons. The predicted molar refractivity (Wildman–Crippen MR) is 80.0 cm³/mol. The molecule has 2 aliphatic carbocycles. The topological polar surface area (TPSA) is 15.3 Å². The van der Waals surface area contributed by atoms with Gasteiger partial charge in [-0.05, 0) is 56.3 Å². The molecule has 2 saturated carbocycles. The second kappa shape index (κ2) is 5.22. The number of benzene rings is 1. The minimum atomic E-state index is 0.801. The van der Waals surface area contributed by atoms with Crippen molar-refractivity contribution in [3.05, 3.63) is 28.2 Å². The van der Waals surface area contributed by atoms with E-state index in [0.717, 1.165) is 18.5 Å². The average molecular weight is 309 g/mol. The van der Waals surface area contributed by atoms with Crippen molar-refractivity contribution in [3.63, 3.8) is 0 Å². The number of halogens is 1. The van der Waals surface area contributed by atoms with Crippen LogP contribution in [0.5, 0.6) is 0 Å². The van der Waals surface area contributed by atoms with Gasteiger partial charge >= 0.3 is 0 Å². The van der Waals surface area contributed by atoms with Crippen LogP contribution in [0.4, 0.5) is 5.69 Å². The molecule has 3 heteroatoms. The van der Waals surface area contributed by atoms with Crippen molar-refractivity contribution in [2.24, 2.45) is 5.92 Å². The maximum Gasteiger partial charge on any atom is 0.0425 e. The summed E-state index contributed by atoms with van der Waals surface area (Å²) in [4.78, 5) is 2.66. The average Bonchev–Trinajstić information content (AvgIpc) is 3.22. The zero-order valence-corrected chi connectivity index (χ0v) is 12.5. The highest BCUT2D eigenvalue weighted by molar-refractivity contribution is 9.10. The Morgan fingerprint density at radius 2 is 2.06 bits per heavy atom. The number of hydrogen-bond donors (Lipinski definition) is 1. The van der Waals surface area contributed by atoms with Crippen molar-refractivity contribution in [3.8, 4) is 0 Å². The van der Waals surface area contributed by atoms with E-state index in [1.807, 2.05) is 7.05 Å². The Balaban J connectivity index is 1.87. The van der Waals surface area contributed by atoms with Crippen molar-refractivity contribution in [1.82, 2.24) is 5.32 Å². The molecule has 0 atom stereocenters. The Labute approximate surface area is 118 Å². The van der Waals surface area contributed by atoms with E-state index in [9.17, 15) is 0 Å². The van der Waals surface area contributed by atoms with Gasteiger partial charge in [-0.15, -0.1) is 0 Å². The van der Waals surface area contributed by atoms with Gasteiger partial charge in [-0.1, -0.05) is 22.0 Å². The quantitative estimate of drug-likeness (QED) is 0.864. The number of hydrogen-bond acceptors (Lipinski definition) is 2. The van der Waals surface area contributed by atoms with Gasteiger partial charge in [0.15, 0.2) is 0 Å². The van der Waals surface area contributed by atoms with Crippen LogP contribution >= 0.6 is 15.9 Å². The predicted octanol–water partition coefficient (Wildman–Crippen LogP) is 3.55. The molecular formula is C15H21BrN2. The van der Waals surface area contributed by atoms with Gasteiger partial charge in [0, 0.05) is 29.3 Å². The van der Waals surface area contributed by atoms with Crippen molar-refractivity contribution < 1.29 is 0 Å². The Bertz CT molecular complexity index is 425. The molecule has 0 amide bonds. The summed E-state index contributed by atoms with van der Waals surface area (Å²) in [5.41, 5.74) is 2.86. The van der Waals surface area contributed by atoms with Crippen LogP contribution in [-0.2, 0) is 6.54 Å². The fourth-order valence-corrected chi connectivity index (χ4v) is 2.90. The molecular weight excluding hydrogens is 288 g/mol. The van der Waals surface area contributed by atoms with Crippen LogP contribution in [0, 0.1) is 5.92 Å². The summed E-state index contributed by atoms with van der Waals surface area (Å²) in [6, 6.07) is 7.50. The van der Waals surface area contributed by atoms with Crippen molar-refractivity contribution in [2.75, 3.05) is 18.5 Å². The molecule has 1 N–H and O–H groups in total. The lowest BCUT2D eigenvalue weighted by molar-refractivity contribution is 0.708. The van der Waals surface area contributed by atoms with E-state index in [-0.39, 0.29) is 0 Å². The first-order valence-electron chi connectivity index (χ1n) is 6.97. The number of rotatable bonds is 6. The van der Waals surface area contributed by atoms with Gasteiger partial charge in [-0.25, -0.2) is 0 Å². The van der Waals surface area contributed by atoms with Gasteiger partial charge < -0.3 is 10.2 Å². The van der Waals surface area contributed by atoms with Gasteiger partial charge in [0.1, 0.15) is 0 Å². The summed E-state index contributed by atoms with van der Waals surface area (Å²) in [5.74, 6) is 0.951. The maximum atomic E-state index is 3.62. The van der Waals surface area contributed by atoms with Crippen LogP contribution in [0.1, 0.15) is 31.2 Å². The van der Waals surface area contributed by atoms with Crippen LogP contribution in [0.15, 0.2) is 22.7 Å². The number of anilines is 1. The zero-order valence-electron chi connectivity index (χ0n) is 11.0. The van der Waals surface area contributed by atoms with Crippen molar-refractivity contribution >= 4 is 21.6 Å². The molecule has 0 spiro atoms. The fourth-order valence-electron chi connectivity index (χ4n) is 2.55. The standard InChI is InChI=1S/C15H21BrN2/c1-17-9-12-4-5-13(16)8-15(12)18(14-6-7-14)10-11-2-3-11/h4-5,8,11,14,17H,2-3,6-7,9-10H2,1H3. The lowest BCUT2D eigenvalue weighted by Gasteiger charge is -2.27. The third-order valence-corrected chi connectivity index (χ3v) is 4.36. The normalized spacial score (nSPS) is 19.0. The first-order valence-corrected chi connectivity index (χ1v) is 7.77. The summed E-state index contributed by atoms with van der Waals surface area (Å²) >= 11 is 3.62. The molecule has 2 aliphatic rings. The first kappa shape index (κ1) is 12.5. The molecule has 18 heavy (non-hydrogen) atoms. The molecule has 1 aromatic carbocycles. The molecule has 0 bridgehead atoms. The lowest BCUT2D eigenvalue weighted by atomic mass is 10.1. The van der Waals surface area contributed by atoms with Crippen LogP contribution < -0.4 is 10.2 Å². The highest BCUT2D eigenvalue weighted by Crippen LogP contribution is 2.39. The smallest absolute Gasteiger partial charge is 0.0425 e. The molecule has 0 radical (unpaired) electrons. The third-order valence-electron chi connectivity index (χ3n) is 3.86. The van der Waals surface area contributed by atoms with Gasteiger partial charge in [-0.2, -0.15) is 0 Å². The van der Waals surface area contributed by atoms with E-state index in [1.54, 1.807) is 0 Å². The van der Waals surface area contributed by atoms with Gasteiger partial charge in [0.05, 0.1) is 0 Å². The van der Waals surface area contributed by atoms with E-state index < -0.39 is 0 Å². The molecule has 0 heterocycles. The Kier molecular flexibility index (Phi) is 3.62. The highest BCUT2D eigenvalue weighted by Gasteiger charge is 2.34. The monoisotopic (exact) mass is 308 g/mol. The molecule has 1 aromatic rings. The summed E-state index contributed by atoms with van der Waals surface area (Å²) in [5, 5.41) is 3.29. The summed E-state index contributed by atoms with van der Waals surface area (Å²) in [6.07, 6.45) is 5.60. The third kappa shape index (κ3) is 2.89. The second-order valence-corrected chi connectivity index (χ2v) is 6.55.